The zero-order valence-electron chi connectivity index (χ0n) is 22.5. The van der Waals surface area contributed by atoms with E-state index in [1.165, 1.54) is 153 Å². The van der Waals surface area contributed by atoms with E-state index in [0.29, 0.717) is 0 Å². The number of nitrogens with zero attached hydrogens (tertiary/aromatic N) is 1. The maximum absolute atomic E-state index is 6.03. The summed E-state index contributed by atoms with van der Waals surface area (Å²) in [6, 6.07) is 0. The van der Waals surface area contributed by atoms with E-state index in [4.69, 9.17) is 4.74 Å². The lowest BCUT2D eigenvalue weighted by Gasteiger charge is -2.35. The van der Waals surface area contributed by atoms with Gasteiger partial charge >= 0.3 is 0 Å². The van der Waals surface area contributed by atoms with Crippen molar-refractivity contribution in [2.75, 3.05) is 39.9 Å². The zero-order chi connectivity index (χ0) is 22.9. The van der Waals surface area contributed by atoms with Gasteiger partial charge in [0.1, 0.15) is 6.54 Å². The standard InChI is InChI=1S/C29H62NO/c1-5-8-11-14-16-18-20-22-25-30(4,27-29-31-28-24-13-10-7-3)26-23-21-19-17-15-12-9-6-2/h5-29H2,1-4H3/q+1. The maximum atomic E-state index is 6.03. The van der Waals surface area contributed by atoms with Crippen molar-refractivity contribution >= 4 is 0 Å². The number of likely N-dealkylation sites (N-methyl/N-ethyl adjacent to an activating group) is 1. The molecule has 0 aliphatic carbocycles. The molecule has 0 heterocycles. The van der Waals surface area contributed by atoms with Gasteiger partial charge in [-0.1, -0.05) is 117 Å². The number of hydrogen-bond acceptors (Lipinski definition) is 1. The van der Waals surface area contributed by atoms with E-state index in [2.05, 4.69) is 27.8 Å². The van der Waals surface area contributed by atoms with Crippen LogP contribution in [0.3, 0.4) is 0 Å². The highest BCUT2D eigenvalue weighted by Gasteiger charge is 2.20. The molecule has 0 rings (SSSR count). The number of hydrogen-bond donors (Lipinski definition) is 0. The fraction of sp³-hybridized carbons (Fsp3) is 1.00. The second kappa shape index (κ2) is 24.6. The van der Waals surface area contributed by atoms with Crippen molar-refractivity contribution in [2.45, 2.75) is 149 Å². The lowest BCUT2D eigenvalue weighted by Crippen LogP contribution is -2.47. The first-order chi connectivity index (χ1) is 15.2. The Hall–Kier alpha value is -0.0800. The third-order valence-corrected chi connectivity index (χ3v) is 7.02. The molecule has 2 nitrogen and oxygen atoms in total. The molecule has 0 unspecified atom stereocenters. The average molecular weight is 441 g/mol. The van der Waals surface area contributed by atoms with E-state index < -0.39 is 0 Å². The third kappa shape index (κ3) is 22.9. The highest BCUT2D eigenvalue weighted by atomic mass is 16.5. The van der Waals surface area contributed by atoms with Crippen molar-refractivity contribution in [3.8, 4) is 0 Å². The van der Waals surface area contributed by atoms with E-state index in [-0.39, 0.29) is 0 Å². The lowest BCUT2D eigenvalue weighted by molar-refractivity contribution is -0.910. The van der Waals surface area contributed by atoms with Gasteiger partial charge in [-0.25, -0.2) is 0 Å². The Morgan fingerprint density at radius 2 is 0.742 bits per heavy atom. The van der Waals surface area contributed by atoms with Crippen molar-refractivity contribution in [3.05, 3.63) is 0 Å². The monoisotopic (exact) mass is 440 g/mol. The Morgan fingerprint density at radius 1 is 0.387 bits per heavy atom. The predicted octanol–water partition coefficient (Wildman–Crippen LogP) is 9.31. The largest absolute Gasteiger partial charge is 0.376 e. The summed E-state index contributed by atoms with van der Waals surface area (Å²) < 4.78 is 7.26. The van der Waals surface area contributed by atoms with Crippen molar-refractivity contribution in [1.82, 2.24) is 0 Å². The molecule has 0 radical (unpaired) electrons. The van der Waals surface area contributed by atoms with Crippen LogP contribution in [-0.2, 0) is 4.74 Å². The van der Waals surface area contributed by atoms with Crippen molar-refractivity contribution < 1.29 is 9.22 Å². The van der Waals surface area contributed by atoms with Gasteiger partial charge in [-0.05, 0) is 32.1 Å². The van der Waals surface area contributed by atoms with Crippen LogP contribution in [0.4, 0.5) is 0 Å². The normalized spacial score (nSPS) is 12.0. The van der Waals surface area contributed by atoms with Gasteiger partial charge in [0.2, 0.25) is 0 Å². The highest BCUT2D eigenvalue weighted by molar-refractivity contribution is 4.51. The van der Waals surface area contributed by atoms with Crippen LogP contribution in [0, 0.1) is 0 Å². The number of unbranched alkanes of at least 4 members (excludes halogenated alkanes) is 17. The molecular formula is C29H62NO+. The van der Waals surface area contributed by atoms with E-state index in [1.807, 2.05) is 0 Å². The maximum Gasteiger partial charge on any atom is 0.102 e. The zero-order valence-corrected chi connectivity index (χ0v) is 22.5. The van der Waals surface area contributed by atoms with Gasteiger partial charge in [0.25, 0.3) is 0 Å². The fourth-order valence-corrected chi connectivity index (χ4v) is 4.61. The van der Waals surface area contributed by atoms with Gasteiger partial charge in [0, 0.05) is 6.61 Å². The first-order valence-electron chi connectivity index (χ1n) is 14.6. The van der Waals surface area contributed by atoms with Crippen LogP contribution in [0.5, 0.6) is 0 Å². The summed E-state index contributed by atoms with van der Waals surface area (Å²) >= 11 is 0. The molecule has 0 N–H and O–H groups in total. The summed E-state index contributed by atoms with van der Waals surface area (Å²) in [5.74, 6) is 0. The summed E-state index contributed by atoms with van der Waals surface area (Å²) in [4.78, 5) is 0. The molecule has 31 heavy (non-hydrogen) atoms. The Bertz CT molecular complexity index is 311. The Kier molecular flexibility index (Phi) is 24.5. The molecule has 0 bridgehead atoms. The van der Waals surface area contributed by atoms with Crippen LogP contribution in [0.2, 0.25) is 0 Å². The highest BCUT2D eigenvalue weighted by Crippen LogP contribution is 2.15. The van der Waals surface area contributed by atoms with Crippen LogP contribution in [-0.4, -0.2) is 44.4 Å². The third-order valence-electron chi connectivity index (χ3n) is 7.02. The molecule has 0 amide bonds. The second-order valence-electron chi connectivity index (χ2n) is 10.4. The van der Waals surface area contributed by atoms with Gasteiger partial charge < -0.3 is 9.22 Å². The fourth-order valence-electron chi connectivity index (χ4n) is 4.61. The van der Waals surface area contributed by atoms with Crippen LogP contribution in [0.15, 0.2) is 0 Å². The SMILES string of the molecule is CCCCCCCCCC[N+](C)(CCCCCCCCCC)CCOCCCCCC. The summed E-state index contributed by atoms with van der Waals surface area (Å²) in [6.45, 7) is 12.7. The first kappa shape index (κ1) is 30.9. The van der Waals surface area contributed by atoms with Crippen LogP contribution < -0.4 is 0 Å². The summed E-state index contributed by atoms with van der Waals surface area (Å²) in [7, 11) is 2.50. The van der Waals surface area contributed by atoms with Gasteiger partial charge in [0.05, 0.1) is 26.7 Å². The Morgan fingerprint density at radius 3 is 1.16 bits per heavy atom. The quantitative estimate of drug-likeness (QED) is 0.0961. The van der Waals surface area contributed by atoms with Gasteiger partial charge in [-0.15, -0.1) is 0 Å². The summed E-state index contributed by atoms with van der Waals surface area (Å²) in [6.07, 6.45) is 28.0. The molecule has 0 atom stereocenters. The molecule has 0 aliphatic heterocycles. The van der Waals surface area contributed by atoms with Gasteiger partial charge in [-0.2, -0.15) is 0 Å². The Labute approximate surface area is 198 Å². The molecule has 0 spiro atoms. The molecule has 0 saturated carbocycles. The van der Waals surface area contributed by atoms with Crippen molar-refractivity contribution in [2.24, 2.45) is 0 Å². The smallest absolute Gasteiger partial charge is 0.102 e. The van der Waals surface area contributed by atoms with Crippen molar-refractivity contribution in [3.63, 3.8) is 0 Å². The average Bonchev–Trinajstić information content (AvgIpc) is 2.77. The van der Waals surface area contributed by atoms with Crippen LogP contribution in [0.1, 0.15) is 149 Å². The van der Waals surface area contributed by atoms with Crippen LogP contribution in [0.25, 0.3) is 0 Å². The van der Waals surface area contributed by atoms with E-state index >= 15 is 0 Å². The molecule has 2 heteroatoms. The minimum Gasteiger partial charge on any atom is -0.376 e. The van der Waals surface area contributed by atoms with E-state index in [1.54, 1.807) is 0 Å². The van der Waals surface area contributed by atoms with E-state index in [9.17, 15) is 0 Å². The minimum atomic E-state index is 0.955. The number of quaternary nitrogens is 1. The van der Waals surface area contributed by atoms with Crippen molar-refractivity contribution in [1.29, 1.82) is 0 Å². The molecule has 0 aliphatic rings. The molecule has 0 aromatic carbocycles. The molecule has 0 aromatic heterocycles. The minimum absolute atomic E-state index is 0.955. The Balaban J connectivity index is 4.04. The summed E-state index contributed by atoms with van der Waals surface area (Å²) in [5.41, 5.74) is 0. The molecule has 0 fully saturated rings. The van der Waals surface area contributed by atoms with Crippen LogP contribution >= 0.6 is 0 Å². The van der Waals surface area contributed by atoms with Gasteiger partial charge in [0.15, 0.2) is 0 Å². The second-order valence-corrected chi connectivity index (χ2v) is 10.4. The molecule has 188 valence electrons. The van der Waals surface area contributed by atoms with Gasteiger partial charge in [-0.3, -0.25) is 0 Å². The summed E-state index contributed by atoms with van der Waals surface area (Å²) in [5, 5.41) is 0. The molecule has 0 saturated heterocycles. The number of rotatable bonds is 26. The topological polar surface area (TPSA) is 9.23 Å². The first-order valence-corrected chi connectivity index (χ1v) is 14.6. The number of ether oxygens (including phenoxy) is 1. The predicted molar refractivity (Wildman–Crippen MR) is 141 cm³/mol. The lowest BCUT2D eigenvalue weighted by atomic mass is 10.1. The molecular weight excluding hydrogens is 378 g/mol. The van der Waals surface area contributed by atoms with E-state index in [0.717, 1.165) is 13.2 Å². The molecule has 0 aromatic rings.